The molecule has 0 aliphatic carbocycles. The van der Waals surface area contributed by atoms with E-state index in [4.69, 9.17) is 5.11 Å². The third kappa shape index (κ3) is 1.84. The number of hydrogen-bond acceptors (Lipinski definition) is 3. The van der Waals surface area contributed by atoms with Gasteiger partial charge in [-0.1, -0.05) is 24.3 Å². The molecule has 1 aromatic heterocycles. The first-order chi connectivity index (χ1) is 6.79. The fraction of sp³-hybridized carbons (Fsp3) is 0.182. The van der Waals surface area contributed by atoms with Gasteiger partial charge >= 0.3 is 0 Å². The summed E-state index contributed by atoms with van der Waals surface area (Å²) in [6.07, 6.45) is 1.87. The summed E-state index contributed by atoms with van der Waals surface area (Å²) in [5.74, 6) is 0. The molecular weight excluding hydrogens is 194 g/mol. The number of aliphatic hydroxyl groups excluding tert-OH is 1. The minimum Gasteiger partial charge on any atom is -0.392 e. The van der Waals surface area contributed by atoms with E-state index in [1.807, 2.05) is 37.4 Å². The van der Waals surface area contributed by atoms with Crippen LogP contribution in [-0.2, 0) is 6.61 Å². The molecule has 72 valence electrons. The number of nitrogens with zero attached hydrogens (tertiary/aromatic N) is 1. The minimum atomic E-state index is 0.0944. The van der Waals surface area contributed by atoms with Crippen LogP contribution < -0.4 is 0 Å². The van der Waals surface area contributed by atoms with Crippen molar-refractivity contribution in [2.45, 2.75) is 13.5 Å². The van der Waals surface area contributed by atoms with Gasteiger partial charge in [0, 0.05) is 16.6 Å². The van der Waals surface area contributed by atoms with Crippen molar-refractivity contribution < 1.29 is 5.11 Å². The molecule has 2 nitrogen and oxygen atoms in total. The van der Waals surface area contributed by atoms with Gasteiger partial charge in [0.05, 0.1) is 6.61 Å². The second-order valence-corrected chi connectivity index (χ2v) is 4.37. The molecule has 0 saturated carbocycles. The van der Waals surface area contributed by atoms with Crippen LogP contribution in [0.4, 0.5) is 0 Å². The quantitative estimate of drug-likeness (QED) is 0.817. The third-order valence-electron chi connectivity index (χ3n) is 2.00. The molecule has 2 rings (SSSR count). The van der Waals surface area contributed by atoms with Crippen molar-refractivity contribution in [3.05, 3.63) is 40.9 Å². The van der Waals surface area contributed by atoms with Gasteiger partial charge in [-0.2, -0.15) is 0 Å². The monoisotopic (exact) mass is 205 g/mol. The fourth-order valence-electron chi connectivity index (χ4n) is 1.24. The zero-order valence-electron chi connectivity index (χ0n) is 7.90. The highest BCUT2D eigenvalue weighted by molar-refractivity contribution is 7.14. The Morgan fingerprint density at radius 2 is 2.00 bits per heavy atom. The Morgan fingerprint density at radius 3 is 2.50 bits per heavy atom. The summed E-state index contributed by atoms with van der Waals surface area (Å²) in [6.45, 7) is 2.14. The van der Waals surface area contributed by atoms with Crippen molar-refractivity contribution in [2.24, 2.45) is 0 Å². The summed E-state index contributed by atoms with van der Waals surface area (Å²) in [4.78, 5) is 5.51. The Balaban J connectivity index is 2.33. The molecule has 0 amide bonds. The second kappa shape index (κ2) is 3.90. The molecule has 0 aliphatic heterocycles. The summed E-state index contributed by atoms with van der Waals surface area (Å²) in [5.41, 5.74) is 2.04. The van der Waals surface area contributed by atoms with Crippen molar-refractivity contribution in [1.29, 1.82) is 0 Å². The highest BCUT2D eigenvalue weighted by Crippen LogP contribution is 2.24. The van der Waals surface area contributed by atoms with E-state index < -0.39 is 0 Å². The van der Waals surface area contributed by atoms with Crippen LogP contribution >= 0.6 is 11.3 Å². The van der Waals surface area contributed by atoms with E-state index in [0.717, 1.165) is 16.1 Å². The summed E-state index contributed by atoms with van der Waals surface area (Å²) in [6, 6.07) is 7.83. The van der Waals surface area contributed by atoms with E-state index in [-0.39, 0.29) is 6.61 Å². The lowest BCUT2D eigenvalue weighted by Crippen LogP contribution is -1.82. The van der Waals surface area contributed by atoms with Crippen LogP contribution in [0.1, 0.15) is 10.4 Å². The Bertz CT molecular complexity index is 419. The van der Waals surface area contributed by atoms with E-state index in [0.29, 0.717) is 0 Å². The molecule has 0 aliphatic rings. The first kappa shape index (κ1) is 9.37. The maximum atomic E-state index is 8.89. The lowest BCUT2D eigenvalue weighted by atomic mass is 10.1. The molecule has 2 aromatic rings. The topological polar surface area (TPSA) is 33.1 Å². The van der Waals surface area contributed by atoms with Crippen LogP contribution in [0.3, 0.4) is 0 Å². The van der Waals surface area contributed by atoms with Gasteiger partial charge in [0.2, 0.25) is 0 Å². The Morgan fingerprint density at radius 1 is 1.29 bits per heavy atom. The predicted octanol–water partition coefficient (Wildman–Crippen LogP) is 2.61. The van der Waals surface area contributed by atoms with Gasteiger partial charge < -0.3 is 5.11 Å². The van der Waals surface area contributed by atoms with Crippen LogP contribution in [0.2, 0.25) is 0 Å². The van der Waals surface area contributed by atoms with Crippen molar-refractivity contribution in [1.82, 2.24) is 4.98 Å². The zero-order valence-corrected chi connectivity index (χ0v) is 8.71. The number of aryl methyl sites for hydroxylation is 1. The lowest BCUT2D eigenvalue weighted by molar-refractivity contribution is 0.282. The standard InChI is InChI=1S/C11H11NOS/c1-8-6-12-11(14-8)10-4-2-9(7-13)3-5-10/h2-6,13H,7H2,1H3. The second-order valence-electron chi connectivity index (χ2n) is 3.13. The van der Waals surface area contributed by atoms with Crippen LogP contribution in [0.15, 0.2) is 30.5 Å². The zero-order chi connectivity index (χ0) is 9.97. The average molecular weight is 205 g/mol. The number of benzene rings is 1. The highest BCUT2D eigenvalue weighted by atomic mass is 32.1. The molecule has 1 N–H and O–H groups in total. The Kier molecular flexibility index (Phi) is 2.61. The molecule has 0 bridgehead atoms. The van der Waals surface area contributed by atoms with Crippen LogP contribution in [0, 0.1) is 6.92 Å². The van der Waals surface area contributed by atoms with Crippen molar-refractivity contribution >= 4 is 11.3 Å². The van der Waals surface area contributed by atoms with Crippen molar-refractivity contribution in [2.75, 3.05) is 0 Å². The van der Waals surface area contributed by atoms with Gasteiger partial charge in [-0.05, 0) is 12.5 Å². The predicted molar refractivity (Wildman–Crippen MR) is 58.2 cm³/mol. The van der Waals surface area contributed by atoms with E-state index >= 15 is 0 Å². The largest absolute Gasteiger partial charge is 0.392 e. The van der Waals surface area contributed by atoms with E-state index in [2.05, 4.69) is 4.98 Å². The number of aliphatic hydroxyl groups is 1. The average Bonchev–Trinajstić information content (AvgIpc) is 2.65. The molecule has 1 aromatic carbocycles. The number of rotatable bonds is 2. The van der Waals surface area contributed by atoms with Crippen molar-refractivity contribution in [3.63, 3.8) is 0 Å². The normalized spacial score (nSPS) is 10.4. The summed E-state index contributed by atoms with van der Waals surface area (Å²) < 4.78 is 0. The Hall–Kier alpha value is -1.19. The molecule has 0 radical (unpaired) electrons. The van der Waals surface area contributed by atoms with Crippen molar-refractivity contribution in [3.8, 4) is 10.6 Å². The molecular formula is C11H11NOS. The summed E-state index contributed by atoms with van der Waals surface area (Å²) >= 11 is 1.68. The van der Waals surface area contributed by atoms with E-state index in [1.54, 1.807) is 11.3 Å². The summed E-state index contributed by atoms with van der Waals surface area (Å²) in [7, 11) is 0. The van der Waals surface area contributed by atoms with Gasteiger partial charge in [-0.15, -0.1) is 11.3 Å². The number of aromatic nitrogens is 1. The summed E-state index contributed by atoms with van der Waals surface area (Å²) in [5, 5.41) is 9.92. The third-order valence-corrected chi connectivity index (χ3v) is 2.97. The Labute approximate surface area is 86.9 Å². The molecule has 0 saturated heterocycles. The smallest absolute Gasteiger partial charge is 0.123 e. The van der Waals surface area contributed by atoms with Crippen LogP contribution in [0.25, 0.3) is 10.6 Å². The van der Waals surface area contributed by atoms with Gasteiger partial charge in [-0.25, -0.2) is 4.98 Å². The molecule has 0 fully saturated rings. The first-order valence-electron chi connectivity index (χ1n) is 4.42. The molecule has 1 heterocycles. The minimum absolute atomic E-state index is 0.0944. The maximum absolute atomic E-state index is 8.89. The number of hydrogen-bond donors (Lipinski definition) is 1. The first-order valence-corrected chi connectivity index (χ1v) is 5.24. The molecule has 14 heavy (non-hydrogen) atoms. The lowest BCUT2D eigenvalue weighted by Gasteiger charge is -1.97. The molecule has 0 unspecified atom stereocenters. The number of thiazole rings is 1. The fourth-order valence-corrected chi connectivity index (χ4v) is 2.01. The van der Waals surface area contributed by atoms with Gasteiger partial charge in [0.15, 0.2) is 0 Å². The molecule has 0 spiro atoms. The molecule has 0 atom stereocenters. The highest BCUT2D eigenvalue weighted by Gasteiger charge is 2.01. The van der Waals surface area contributed by atoms with Crippen LogP contribution in [0.5, 0.6) is 0 Å². The van der Waals surface area contributed by atoms with E-state index in [9.17, 15) is 0 Å². The van der Waals surface area contributed by atoms with Gasteiger partial charge in [0.1, 0.15) is 5.01 Å². The SMILES string of the molecule is Cc1cnc(-c2ccc(CO)cc2)s1. The van der Waals surface area contributed by atoms with E-state index in [1.165, 1.54) is 4.88 Å². The molecule has 3 heteroatoms. The maximum Gasteiger partial charge on any atom is 0.123 e. The van der Waals surface area contributed by atoms with Gasteiger partial charge in [-0.3, -0.25) is 0 Å². The van der Waals surface area contributed by atoms with Gasteiger partial charge in [0.25, 0.3) is 0 Å². The van der Waals surface area contributed by atoms with Crippen LogP contribution in [-0.4, -0.2) is 10.1 Å².